The molecular formula is C18H26N6O2S. The van der Waals surface area contributed by atoms with Gasteiger partial charge in [-0.3, -0.25) is 0 Å². The van der Waals surface area contributed by atoms with E-state index in [2.05, 4.69) is 34.5 Å². The number of urea groups is 1. The number of carbonyl (C=O) groups excluding carboxylic acids is 1. The van der Waals surface area contributed by atoms with E-state index in [1.54, 1.807) is 21.8 Å². The van der Waals surface area contributed by atoms with Crippen molar-refractivity contribution in [3.63, 3.8) is 0 Å². The molecular weight excluding hydrogens is 364 g/mol. The van der Waals surface area contributed by atoms with Crippen molar-refractivity contribution < 1.29 is 9.35 Å². The molecule has 2 amide bonds. The minimum Gasteiger partial charge on any atom is -0.610 e. The zero-order valence-electron chi connectivity index (χ0n) is 16.2. The SMILES string of the molecule is Cc1cc([S+]([O-])C(C)(C)C2CCN(C(=O)Nc3ccnnc3)CC2)n(C)n1. The summed E-state index contributed by atoms with van der Waals surface area (Å²) in [6.45, 7) is 7.28. The maximum absolute atomic E-state index is 13.2. The fraction of sp³-hybridized carbons (Fsp3) is 0.556. The van der Waals surface area contributed by atoms with Gasteiger partial charge in [-0.2, -0.15) is 15.3 Å². The average Bonchev–Trinajstić information content (AvgIpc) is 3.00. The number of aryl methyl sites for hydroxylation is 2. The molecule has 0 saturated carbocycles. The van der Waals surface area contributed by atoms with Gasteiger partial charge in [-0.15, -0.1) is 0 Å². The predicted octanol–water partition coefficient (Wildman–Crippen LogP) is 2.35. The average molecular weight is 391 g/mol. The summed E-state index contributed by atoms with van der Waals surface area (Å²) in [7, 11) is 1.83. The summed E-state index contributed by atoms with van der Waals surface area (Å²) in [5, 5.41) is 15.4. The van der Waals surface area contributed by atoms with Crippen molar-refractivity contribution in [2.24, 2.45) is 13.0 Å². The number of hydrogen-bond donors (Lipinski definition) is 1. The maximum atomic E-state index is 13.2. The lowest BCUT2D eigenvalue weighted by molar-refractivity contribution is 0.171. The largest absolute Gasteiger partial charge is 0.610 e. The Hall–Kier alpha value is -2.13. The minimum atomic E-state index is -1.17. The van der Waals surface area contributed by atoms with E-state index < -0.39 is 15.9 Å². The van der Waals surface area contributed by atoms with Gasteiger partial charge in [0.1, 0.15) is 4.75 Å². The second-order valence-corrected chi connectivity index (χ2v) is 9.45. The summed E-state index contributed by atoms with van der Waals surface area (Å²) in [6, 6.07) is 3.46. The number of amides is 2. The standard InChI is InChI=1S/C18H26N6O2S/c1-13-11-16(23(4)22-13)27(26)18(2,3)14-6-9-24(10-7-14)17(25)21-15-5-8-19-20-12-15/h5,8,11-12,14H,6-7,9-10H2,1-4H3,(H,19,21,25). The van der Waals surface area contributed by atoms with Crippen LogP contribution >= 0.6 is 0 Å². The van der Waals surface area contributed by atoms with Crippen LogP contribution in [0.2, 0.25) is 0 Å². The van der Waals surface area contributed by atoms with Gasteiger partial charge in [-0.05, 0) is 39.7 Å². The number of aromatic nitrogens is 4. The molecule has 1 saturated heterocycles. The third kappa shape index (κ3) is 4.24. The predicted molar refractivity (Wildman–Crippen MR) is 104 cm³/mol. The van der Waals surface area contributed by atoms with Crippen molar-refractivity contribution >= 4 is 22.9 Å². The first-order valence-electron chi connectivity index (χ1n) is 9.04. The van der Waals surface area contributed by atoms with Gasteiger partial charge in [-0.1, -0.05) is 0 Å². The van der Waals surface area contributed by atoms with Crippen molar-refractivity contribution in [1.29, 1.82) is 0 Å². The molecule has 0 spiro atoms. The molecule has 2 aromatic heterocycles. The molecule has 0 radical (unpaired) electrons. The first kappa shape index (κ1) is 19.6. The fourth-order valence-corrected chi connectivity index (χ4v) is 5.16. The Morgan fingerprint density at radius 2 is 2.04 bits per heavy atom. The molecule has 0 aromatic carbocycles. The van der Waals surface area contributed by atoms with Gasteiger partial charge in [0, 0.05) is 43.3 Å². The number of hydrogen-bond acceptors (Lipinski definition) is 5. The van der Waals surface area contributed by atoms with E-state index in [-0.39, 0.29) is 11.9 Å². The Kier molecular flexibility index (Phi) is 5.71. The smallest absolute Gasteiger partial charge is 0.321 e. The van der Waals surface area contributed by atoms with E-state index in [1.165, 1.54) is 6.20 Å². The van der Waals surface area contributed by atoms with Crippen LogP contribution in [0.4, 0.5) is 10.5 Å². The zero-order valence-corrected chi connectivity index (χ0v) is 17.0. The van der Waals surface area contributed by atoms with Crippen molar-refractivity contribution in [2.45, 2.75) is 43.4 Å². The van der Waals surface area contributed by atoms with E-state index in [0.29, 0.717) is 18.8 Å². The van der Waals surface area contributed by atoms with E-state index >= 15 is 0 Å². The second kappa shape index (κ2) is 7.85. The molecule has 146 valence electrons. The van der Waals surface area contributed by atoms with Crippen LogP contribution in [0.5, 0.6) is 0 Å². The Balaban J connectivity index is 1.60. The fourth-order valence-electron chi connectivity index (χ4n) is 3.53. The van der Waals surface area contributed by atoms with Gasteiger partial charge in [0.05, 0.1) is 23.8 Å². The number of likely N-dealkylation sites (tertiary alicyclic amines) is 1. The molecule has 1 unspecified atom stereocenters. The molecule has 8 nitrogen and oxygen atoms in total. The van der Waals surface area contributed by atoms with Crippen molar-refractivity contribution in [2.75, 3.05) is 18.4 Å². The molecule has 1 N–H and O–H groups in total. The van der Waals surface area contributed by atoms with Crippen LogP contribution in [-0.2, 0) is 18.2 Å². The Morgan fingerprint density at radius 3 is 2.59 bits per heavy atom. The van der Waals surface area contributed by atoms with Gasteiger partial charge in [0.25, 0.3) is 0 Å². The summed E-state index contributed by atoms with van der Waals surface area (Å²) < 4.78 is 14.5. The summed E-state index contributed by atoms with van der Waals surface area (Å²) in [4.78, 5) is 14.2. The van der Waals surface area contributed by atoms with E-state index in [1.807, 2.05) is 20.0 Å². The summed E-state index contributed by atoms with van der Waals surface area (Å²) in [5.41, 5.74) is 1.50. The Labute approximate surface area is 162 Å². The third-order valence-corrected chi connectivity index (χ3v) is 7.28. The monoisotopic (exact) mass is 390 g/mol. The minimum absolute atomic E-state index is 0.136. The van der Waals surface area contributed by atoms with Gasteiger partial charge >= 0.3 is 6.03 Å². The molecule has 3 heterocycles. The van der Waals surface area contributed by atoms with Crippen LogP contribution in [-0.4, -0.2) is 53.3 Å². The zero-order chi connectivity index (χ0) is 19.6. The quantitative estimate of drug-likeness (QED) is 0.808. The van der Waals surface area contributed by atoms with E-state index in [0.717, 1.165) is 23.6 Å². The normalized spacial score (nSPS) is 17.0. The molecule has 2 aromatic rings. The lowest BCUT2D eigenvalue weighted by atomic mass is 9.86. The first-order valence-corrected chi connectivity index (χ1v) is 10.2. The molecule has 0 bridgehead atoms. The molecule has 1 aliphatic heterocycles. The number of anilines is 1. The highest BCUT2D eigenvalue weighted by atomic mass is 32.2. The molecule has 1 aliphatic rings. The number of rotatable bonds is 4. The number of carbonyl (C=O) groups is 1. The van der Waals surface area contributed by atoms with Crippen LogP contribution in [0.3, 0.4) is 0 Å². The van der Waals surface area contributed by atoms with Gasteiger partial charge in [-0.25, -0.2) is 9.48 Å². The van der Waals surface area contributed by atoms with Crippen molar-refractivity contribution in [3.8, 4) is 0 Å². The number of nitrogens with one attached hydrogen (secondary N) is 1. The number of piperidine rings is 1. The van der Waals surface area contributed by atoms with Crippen molar-refractivity contribution in [3.05, 3.63) is 30.2 Å². The number of nitrogens with zero attached hydrogens (tertiary/aromatic N) is 5. The van der Waals surface area contributed by atoms with Crippen LogP contribution in [0.1, 0.15) is 32.4 Å². The molecule has 9 heteroatoms. The summed E-state index contributed by atoms with van der Waals surface area (Å²) in [6.07, 6.45) is 4.70. The maximum Gasteiger partial charge on any atom is 0.321 e. The molecule has 1 fully saturated rings. The first-order chi connectivity index (χ1) is 12.8. The lowest BCUT2D eigenvalue weighted by Gasteiger charge is -2.40. The molecule has 3 rings (SSSR count). The topological polar surface area (TPSA) is 99.0 Å². The highest BCUT2D eigenvalue weighted by molar-refractivity contribution is 7.92. The van der Waals surface area contributed by atoms with Gasteiger partial charge in [0.2, 0.25) is 5.03 Å². The lowest BCUT2D eigenvalue weighted by Crippen LogP contribution is -2.48. The van der Waals surface area contributed by atoms with Crippen molar-refractivity contribution in [1.82, 2.24) is 24.9 Å². The van der Waals surface area contributed by atoms with Gasteiger partial charge < -0.3 is 14.8 Å². The molecule has 27 heavy (non-hydrogen) atoms. The molecule has 0 aliphatic carbocycles. The highest BCUT2D eigenvalue weighted by Gasteiger charge is 2.44. The second-order valence-electron chi connectivity index (χ2n) is 7.44. The Bertz CT molecular complexity index is 786. The van der Waals surface area contributed by atoms with Crippen LogP contribution in [0.15, 0.2) is 29.6 Å². The van der Waals surface area contributed by atoms with Gasteiger partial charge in [0.15, 0.2) is 0 Å². The Morgan fingerprint density at radius 1 is 1.33 bits per heavy atom. The van der Waals surface area contributed by atoms with Crippen LogP contribution in [0, 0.1) is 12.8 Å². The molecule has 1 atom stereocenters. The van der Waals surface area contributed by atoms with Crippen LogP contribution in [0.25, 0.3) is 0 Å². The summed E-state index contributed by atoms with van der Waals surface area (Å²) in [5.74, 6) is 0.264. The third-order valence-electron chi connectivity index (χ3n) is 5.23. The summed E-state index contributed by atoms with van der Waals surface area (Å²) >= 11 is -1.17. The highest BCUT2D eigenvalue weighted by Crippen LogP contribution is 2.38. The van der Waals surface area contributed by atoms with E-state index in [9.17, 15) is 9.35 Å². The van der Waals surface area contributed by atoms with E-state index in [4.69, 9.17) is 0 Å². The van der Waals surface area contributed by atoms with Crippen LogP contribution < -0.4 is 5.32 Å².